The molecule has 1 aliphatic rings. The molecule has 1 heterocycles. The van der Waals surface area contributed by atoms with Gasteiger partial charge in [-0.2, -0.15) is 0 Å². The Balaban J connectivity index is 2.14. The molecule has 0 radical (unpaired) electrons. The van der Waals surface area contributed by atoms with Crippen LogP contribution < -0.4 is 0 Å². The first-order chi connectivity index (χ1) is 8.11. The fraction of sp³-hybridized carbons (Fsp3) is 0.333. The number of rotatable bonds is 1. The van der Waals surface area contributed by atoms with Crippen molar-refractivity contribution in [2.24, 2.45) is 0 Å². The SMILES string of the molecule is C=C[C@H]1OC(C)(C)O[C@@H]1C#Cc1ccccc1. The molecular formula is C15H16O2. The Labute approximate surface area is 102 Å². The van der Waals surface area contributed by atoms with Gasteiger partial charge in [0.2, 0.25) is 0 Å². The predicted octanol–water partition coefficient (Wildman–Crippen LogP) is 2.74. The summed E-state index contributed by atoms with van der Waals surface area (Å²) >= 11 is 0. The highest BCUT2D eigenvalue weighted by atomic mass is 16.7. The van der Waals surface area contributed by atoms with Crippen molar-refractivity contribution >= 4 is 0 Å². The van der Waals surface area contributed by atoms with Gasteiger partial charge >= 0.3 is 0 Å². The number of benzene rings is 1. The van der Waals surface area contributed by atoms with Crippen LogP contribution in [0.25, 0.3) is 0 Å². The maximum absolute atomic E-state index is 5.71. The first kappa shape index (κ1) is 11.9. The van der Waals surface area contributed by atoms with Crippen LogP contribution in [0, 0.1) is 11.8 Å². The molecule has 1 fully saturated rings. The molecule has 0 spiro atoms. The second kappa shape index (κ2) is 4.75. The molecule has 0 N–H and O–H groups in total. The van der Waals surface area contributed by atoms with Crippen molar-refractivity contribution in [3.05, 3.63) is 48.6 Å². The minimum atomic E-state index is -0.588. The summed E-state index contributed by atoms with van der Waals surface area (Å²) in [7, 11) is 0. The van der Waals surface area contributed by atoms with Crippen molar-refractivity contribution in [1.82, 2.24) is 0 Å². The summed E-state index contributed by atoms with van der Waals surface area (Å²) in [6.07, 6.45) is 1.32. The van der Waals surface area contributed by atoms with Crippen molar-refractivity contribution in [3.8, 4) is 11.8 Å². The van der Waals surface area contributed by atoms with Crippen LogP contribution >= 0.6 is 0 Å². The van der Waals surface area contributed by atoms with Gasteiger partial charge in [0.1, 0.15) is 6.10 Å². The van der Waals surface area contributed by atoms with E-state index < -0.39 is 5.79 Å². The number of hydrogen-bond donors (Lipinski definition) is 0. The molecule has 1 aromatic rings. The third-order valence-corrected chi connectivity index (χ3v) is 2.49. The highest BCUT2D eigenvalue weighted by molar-refractivity contribution is 5.35. The van der Waals surface area contributed by atoms with Gasteiger partial charge in [0.15, 0.2) is 11.9 Å². The topological polar surface area (TPSA) is 18.5 Å². The molecule has 2 rings (SSSR count). The zero-order chi connectivity index (χ0) is 12.3. The predicted molar refractivity (Wildman–Crippen MR) is 67.3 cm³/mol. The molecule has 1 aromatic carbocycles. The van der Waals surface area contributed by atoms with Crippen LogP contribution in [0.1, 0.15) is 19.4 Å². The smallest absolute Gasteiger partial charge is 0.165 e. The van der Waals surface area contributed by atoms with Crippen molar-refractivity contribution in [3.63, 3.8) is 0 Å². The minimum Gasteiger partial charge on any atom is -0.339 e. The molecule has 2 nitrogen and oxygen atoms in total. The summed E-state index contributed by atoms with van der Waals surface area (Å²) in [5.41, 5.74) is 0.976. The Hall–Kier alpha value is -1.56. The average Bonchev–Trinajstić information content (AvgIpc) is 2.63. The van der Waals surface area contributed by atoms with Gasteiger partial charge in [0.05, 0.1) is 0 Å². The Morgan fingerprint density at radius 3 is 2.59 bits per heavy atom. The van der Waals surface area contributed by atoms with Gasteiger partial charge < -0.3 is 9.47 Å². The Morgan fingerprint density at radius 2 is 1.94 bits per heavy atom. The molecule has 0 aromatic heterocycles. The van der Waals surface area contributed by atoms with Crippen molar-refractivity contribution in [2.45, 2.75) is 31.8 Å². The second-order valence-corrected chi connectivity index (χ2v) is 4.39. The van der Waals surface area contributed by atoms with E-state index in [0.29, 0.717) is 0 Å². The molecule has 0 amide bonds. The summed E-state index contributed by atoms with van der Waals surface area (Å²) in [5, 5.41) is 0. The molecule has 1 aliphatic heterocycles. The maximum Gasteiger partial charge on any atom is 0.165 e. The van der Waals surface area contributed by atoms with E-state index in [4.69, 9.17) is 9.47 Å². The molecule has 2 heteroatoms. The Kier molecular flexibility index (Phi) is 3.33. The van der Waals surface area contributed by atoms with E-state index >= 15 is 0 Å². The first-order valence-corrected chi connectivity index (χ1v) is 5.65. The van der Waals surface area contributed by atoms with Gasteiger partial charge in [0, 0.05) is 5.56 Å². The largest absolute Gasteiger partial charge is 0.339 e. The van der Waals surface area contributed by atoms with Crippen LogP contribution in [0.4, 0.5) is 0 Å². The molecule has 0 bridgehead atoms. The lowest BCUT2D eigenvalue weighted by molar-refractivity contribution is -0.138. The van der Waals surface area contributed by atoms with Crippen LogP contribution in [0.3, 0.4) is 0 Å². The van der Waals surface area contributed by atoms with E-state index in [9.17, 15) is 0 Å². The maximum atomic E-state index is 5.71. The molecule has 2 atom stereocenters. The van der Waals surface area contributed by atoms with Crippen LogP contribution in [-0.4, -0.2) is 18.0 Å². The fourth-order valence-corrected chi connectivity index (χ4v) is 1.75. The lowest BCUT2D eigenvalue weighted by Gasteiger charge is -2.15. The lowest BCUT2D eigenvalue weighted by atomic mass is 10.2. The first-order valence-electron chi connectivity index (χ1n) is 5.65. The van der Waals surface area contributed by atoms with Crippen molar-refractivity contribution in [1.29, 1.82) is 0 Å². The fourth-order valence-electron chi connectivity index (χ4n) is 1.75. The lowest BCUT2D eigenvalue weighted by Crippen LogP contribution is -2.20. The van der Waals surface area contributed by atoms with Gasteiger partial charge in [-0.1, -0.05) is 36.1 Å². The van der Waals surface area contributed by atoms with Crippen LogP contribution in [0.5, 0.6) is 0 Å². The van der Waals surface area contributed by atoms with Crippen LogP contribution in [-0.2, 0) is 9.47 Å². The number of ether oxygens (including phenoxy) is 2. The van der Waals surface area contributed by atoms with Crippen LogP contribution in [0.2, 0.25) is 0 Å². The van der Waals surface area contributed by atoms with Gasteiger partial charge in [-0.25, -0.2) is 0 Å². The van der Waals surface area contributed by atoms with E-state index in [1.165, 1.54) is 0 Å². The Bertz CT molecular complexity index is 451. The monoisotopic (exact) mass is 228 g/mol. The second-order valence-electron chi connectivity index (χ2n) is 4.39. The highest BCUT2D eigenvalue weighted by Gasteiger charge is 2.38. The van der Waals surface area contributed by atoms with Gasteiger partial charge in [-0.05, 0) is 26.0 Å². The van der Waals surface area contributed by atoms with E-state index in [2.05, 4.69) is 18.4 Å². The van der Waals surface area contributed by atoms with Crippen LogP contribution in [0.15, 0.2) is 43.0 Å². The van der Waals surface area contributed by atoms with Gasteiger partial charge in [0.25, 0.3) is 0 Å². The van der Waals surface area contributed by atoms with Gasteiger partial charge in [-0.15, -0.1) is 6.58 Å². The van der Waals surface area contributed by atoms with E-state index in [0.717, 1.165) is 5.56 Å². The zero-order valence-corrected chi connectivity index (χ0v) is 10.1. The van der Waals surface area contributed by atoms with Crippen molar-refractivity contribution < 1.29 is 9.47 Å². The summed E-state index contributed by atoms with van der Waals surface area (Å²) in [5.74, 6) is 5.58. The summed E-state index contributed by atoms with van der Waals surface area (Å²) in [6, 6.07) is 9.83. The highest BCUT2D eigenvalue weighted by Crippen LogP contribution is 2.28. The minimum absolute atomic E-state index is 0.166. The zero-order valence-electron chi connectivity index (χ0n) is 10.1. The molecule has 1 saturated heterocycles. The van der Waals surface area contributed by atoms with E-state index in [-0.39, 0.29) is 12.2 Å². The molecular weight excluding hydrogens is 212 g/mol. The molecule has 88 valence electrons. The molecule has 0 unspecified atom stereocenters. The Morgan fingerprint density at radius 1 is 1.24 bits per heavy atom. The quantitative estimate of drug-likeness (QED) is 0.543. The van der Waals surface area contributed by atoms with Gasteiger partial charge in [-0.3, -0.25) is 0 Å². The third-order valence-electron chi connectivity index (χ3n) is 2.49. The van der Waals surface area contributed by atoms with E-state index in [1.807, 2.05) is 44.2 Å². The van der Waals surface area contributed by atoms with E-state index in [1.54, 1.807) is 6.08 Å². The van der Waals surface area contributed by atoms with Crippen molar-refractivity contribution in [2.75, 3.05) is 0 Å². The molecule has 17 heavy (non-hydrogen) atoms. The molecule has 0 aliphatic carbocycles. The number of hydrogen-bond acceptors (Lipinski definition) is 2. The molecule has 0 saturated carbocycles. The average molecular weight is 228 g/mol. The third kappa shape index (κ3) is 2.97. The summed E-state index contributed by atoms with van der Waals surface area (Å²) < 4.78 is 11.4. The normalized spacial score (nSPS) is 26.0. The standard InChI is InChI=1S/C15H16O2/c1-4-13-14(17-15(2,3)16-13)11-10-12-8-6-5-7-9-12/h4-9,13-14H,1H2,2-3H3/t13-,14-/m1/s1. The summed E-state index contributed by atoms with van der Waals surface area (Å²) in [6.45, 7) is 7.51. The summed E-state index contributed by atoms with van der Waals surface area (Å²) in [4.78, 5) is 0.